The van der Waals surface area contributed by atoms with Crippen molar-refractivity contribution in [3.05, 3.63) is 29.0 Å². The van der Waals surface area contributed by atoms with E-state index in [1.807, 2.05) is 6.92 Å². The first-order valence-electron chi connectivity index (χ1n) is 6.38. The molecule has 0 saturated carbocycles. The second-order valence-electron chi connectivity index (χ2n) is 4.63. The highest BCUT2D eigenvalue weighted by molar-refractivity contribution is 6.29. The molecule has 1 aliphatic heterocycles. The van der Waals surface area contributed by atoms with Crippen LogP contribution in [0.3, 0.4) is 0 Å². The van der Waals surface area contributed by atoms with Crippen LogP contribution < -0.4 is 5.32 Å². The van der Waals surface area contributed by atoms with Crippen molar-refractivity contribution in [2.75, 3.05) is 32.8 Å². The molecule has 1 N–H and O–H groups in total. The molecular formula is C13H18ClN3O2. The number of morpholine rings is 1. The molecule has 6 heteroatoms. The number of pyridine rings is 1. The molecule has 1 amide bonds. The van der Waals surface area contributed by atoms with Gasteiger partial charge in [0.1, 0.15) is 10.8 Å². The van der Waals surface area contributed by atoms with Crippen molar-refractivity contribution in [2.45, 2.75) is 13.0 Å². The number of hydrogen-bond donors (Lipinski definition) is 1. The van der Waals surface area contributed by atoms with Gasteiger partial charge in [0.25, 0.3) is 5.91 Å². The number of nitrogens with zero attached hydrogens (tertiary/aromatic N) is 2. The van der Waals surface area contributed by atoms with Crippen LogP contribution in [0.15, 0.2) is 18.2 Å². The highest BCUT2D eigenvalue weighted by atomic mass is 35.5. The summed E-state index contributed by atoms with van der Waals surface area (Å²) in [6.45, 7) is 6.14. The maximum atomic E-state index is 12.0. The van der Waals surface area contributed by atoms with Gasteiger partial charge in [-0.3, -0.25) is 9.69 Å². The minimum atomic E-state index is -0.191. The number of carbonyl (C=O) groups excluding carboxylic acids is 1. The quantitative estimate of drug-likeness (QED) is 0.844. The summed E-state index contributed by atoms with van der Waals surface area (Å²) in [7, 11) is 0. The predicted octanol–water partition coefficient (Wildman–Crippen LogP) is 1.19. The molecule has 0 radical (unpaired) electrons. The summed E-state index contributed by atoms with van der Waals surface area (Å²) in [5.41, 5.74) is 0.348. The summed E-state index contributed by atoms with van der Waals surface area (Å²) in [4.78, 5) is 18.2. The lowest BCUT2D eigenvalue weighted by molar-refractivity contribution is 0.0342. The molecule has 1 fully saturated rings. The highest BCUT2D eigenvalue weighted by Crippen LogP contribution is 2.05. The molecule has 0 aromatic carbocycles. The van der Waals surface area contributed by atoms with Crippen LogP contribution >= 0.6 is 11.6 Å². The number of ether oxygens (including phenoxy) is 1. The lowest BCUT2D eigenvalue weighted by Crippen LogP contribution is -2.46. The molecule has 1 atom stereocenters. The summed E-state index contributed by atoms with van der Waals surface area (Å²) in [5.74, 6) is -0.191. The predicted molar refractivity (Wildman–Crippen MR) is 73.4 cm³/mol. The van der Waals surface area contributed by atoms with E-state index < -0.39 is 0 Å². The molecular weight excluding hydrogens is 266 g/mol. The zero-order valence-corrected chi connectivity index (χ0v) is 11.7. The third-order valence-electron chi connectivity index (χ3n) is 2.96. The third kappa shape index (κ3) is 4.45. The van der Waals surface area contributed by atoms with E-state index in [0.29, 0.717) is 10.8 Å². The lowest BCUT2D eigenvalue weighted by atomic mass is 10.2. The average molecular weight is 284 g/mol. The van der Waals surface area contributed by atoms with Gasteiger partial charge in [-0.15, -0.1) is 0 Å². The van der Waals surface area contributed by atoms with Gasteiger partial charge in [-0.2, -0.15) is 0 Å². The molecule has 19 heavy (non-hydrogen) atoms. The van der Waals surface area contributed by atoms with Crippen LogP contribution in [-0.4, -0.2) is 54.7 Å². The number of halogens is 1. The Labute approximate surface area is 117 Å². The highest BCUT2D eigenvalue weighted by Gasteiger charge is 2.16. The van der Waals surface area contributed by atoms with E-state index >= 15 is 0 Å². The van der Waals surface area contributed by atoms with Crippen molar-refractivity contribution in [2.24, 2.45) is 0 Å². The number of nitrogens with one attached hydrogen (secondary N) is 1. The normalized spacial score (nSPS) is 18.0. The van der Waals surface area contributed by atoms with Crippen molar-refractivity contribution < 1.29 is 9.53 Å². The molecule has 1 saturated heterocycles. The second kappa shape index (κ2) is 6.84. The summed E-state index contributed by atoms with van der Waals surface area (Å²) in [6, 6.07) is 5.08. The Morgan fingerprint density at radius 1 is 1.53 bits per heavy atom. The standard InChI is InChI=1S/C13H18ClN3O2/c1-10(9-17-5-7-19-8-6-17)15-13(18)11-3-2-4-12(14)16-11/h2-4,10H,5-9H2,1H3,(H,15,18). The first-order valence-corrected chi connectivity index (χ1v) is 6.76. The van der Waals surface area contributed by atoms with Crippen LogP contribution in [0.25, 0.3) is 0 Å². The van der Waals surface area contributed by atoms with Crippen molar-refractivity contribution in [1.82, 2.24) is 15.2 Å². The van der Waals surface area contributed by atoms with E-state index in [1.165, 1.54) is 0 Å². The Balaban J connectivity index is 1.84. The van der Waals surface area contributed by atoms with E-state index in [2.05, 4.69) is 15.2 Å². The maximum absolute atomic E-state index is 12.0. The Morgan fingerprint density at radius 3 is 2.95 bits per heavy atom. The SMILES string of the molecule is CC(CN1CCOCC1)NC(=O)c1cccc(Cl)n1. The van der Waals surface area contributed by atoms with Gasteiger partial charge in [0.15, 0.2) is 0 Å². The topological polar surface area (TPSA) is 54.5 Å². The molecule has 1 aromatic heterocycles. The van der Waals surface area contributed by atoms with Crippen LogP contribution in [0.4, 0.5) is 0 Å². The van der Waals surface area contributed by atoms with Crippen LogP contribution in [0, 0.1) is 0 Å². The number of carbonyl (C=O) groups is 1. The molecule has 1 unspecified atom stereocenters. The minimum Gasteiger partial charge on any atom is -0.379 e. The van der Waals surface area contributed by atoms with Gasteiger partial charge in [0, 0.05) is 25.7 Å². The van der Waals surface area contributed by atoms with Gasteiger partial charge >= 0.3 is 0 Å². The fraction of sp³-hybridized carbons (Fsp3) is 0.538. The zero-order chi connectivity index (χ0) is 13.7. The summed E-state index contributed by atoms with van der Waals surface area (Å²) in [6.07, 6.45) is 0. The second-order valence-corrected chi connectivity index (χ2v) is 5.02. The number of rotatable bonds is 4. The zero-order valence-electron chi connectivity index (χ0n) is 10.9. The molecule has 2 heterocycles. The number of amides is 1. The molecule has 0 bridgehead atoms. The third-order valence-corrected chi connectivity index (χ3v) is 3.17. The first-order chi connectivity index (χ1) is 9.15. The van der Waals surface area contributed by atoms with Crippen molar-refractivity contribution in [1.29, 1.82) is 0 Å². The summed E-state index contributed by atoms with van der Waals surface area (Å²) < 4.78 is 5.29. The monoisotopic (exact) mass is 283 g/mol. The van der Waals surface area contributed by atoms with Crippen molar-refractivity contribution in [3.63, 3.8) is 0 Å². The molecule has 5 nitrogen and oxygen atoms in total. The molecule has 1 aromatic rings. The van der Waals surface area contributed by atoms with Gasteiger partial charge in [-0.05, 0) is 19.1 Å². The van der Waals surface area contributed by atoms with E-state index in [9.17, 15) is 4.79 Å². The van der Waals surface area contributed by atoms with Gasteiger partial charge in [0.2, 0.25) is 0 Å². The van der Waals surface area contributed by atoms with Crippen LogP contribution in [0.5, 0.6) is 0 Å². The molecule has 0 spiro atoms. The van der Waals surface area contributed by atoms with Gasteiger partial charge in [-0.25, -0.2) is 4.98 Å². The van der Waals surface area contributed by atoms with E-state index in [4.69, 9.17) is 16.3 Å². The van der Waals surface area contributed by atoms with Gasteiger partial charge in [-0.1, -0.05) is 17.7 Å². The minimum absolute atomic E-state index is 0.0615. The average Bonchev–Trinajstić information content (AvgIpc) is 2.39. The Hall–Kier alpha value is -1.17. The van der Waals surface area contributed by atoms with E-state index in [-0.39, 0.29) is 11.9 Å². The van der Waals surface area contributed by atoms with Crippen LogP contribution in [0.2, 0.25) is 5.15 Å². The number of aromatic nitrogens is 1. The Bertz CT molecular complexity index is 436. The number of hydrogen-bond acceptors (Lipinski definition) is 4. The van der Waals surface area contributed by atoms with E-state index in [1.54, 1.807) is 18.2 Å². The molecule has 0 aliphatic carbocycles. The Morgan fingerprint density at radius 2 is 2.26 bits per heavy atom. The Kier molecular flexibility index (Phi) is 5.13. The van der Waals surface area contributed by atoms with Gasteiger partial charge < -0.3 is 10.1 Å². The summed E-state index contributed by atoms with van der Waals surface area (Å²) >= 11 is 5.77. The maximum Gasteiger partial charge on any atom is 0.270 e. The first kappa shape index (κ1) is 14.2. The fourth-order valence-corrected chi connectivity index (χ4v) is 2.21. The molecule has 104 valence electrons. The van der Waals surface area contributed by atoms with E-state index in [0.717, 1.165) is 32.8 Å². The summed E-state index contributed by atoms with van der Waals surface area (Å²) in [5, 5.41) is 3.26. The largest absolute Gasteiger partial charge is 0.379 e. The van der Waals surface area contributed by atoms with Crippen LogP contribution in [0.1, 0.15) is 17.4 Å². The van der Waals surface area contributed by atoms with Gasteiger partial charge in [0.05, 0.1) is 13.2 Å². The fourth-order valence-electron chi connectivity index (χ4n) is 2.05. The van der Waals surface area contributed by atoms with Crippen LogP contribution in [-0.2, 0) is 4.74 Å². The smallest absolute Gasteiger partial charge is 0.270 e. The molecule has 2 rings (SSSR count). The van der Waals surface area contributed by atoms with Crippen molar-refractivity contribution >= 4 is 17.5 Å². The molecule has 1 aliphatic rings. The lowest BCUT2D eigenvalue weighted by Gasteiger charge is -2.29. The van der Waals surface area contributed by atoms with Crippen molar-refractivity contribution in [3.8, 4) is 0 Å².